The highest BCUT2D eigenvalue weighted by atomic mass is 79.9. The van der Waals surface area contributed by atoms with Crippen molar-refractivity contribution in [1.82, 2.24) is 4.98 Å². The Kier molecular flexibility index (Phi) is 5.05. The summed E-state index contributed by atoms with van der Waals surface area (Å²) in [6.07, 6.45) is 0. The molecule has 0 aliphatic rings. The van der Waals surface area contributed by atoms with E-state index in [1.165, 1.54) is 0 Å². The van der Waals surface area contributed by atoms with E-state index in [4.69, 9.17) is 9.47 Å². The molecule has 1 heterocycles. The molecule has 25 heavy (non-hydrogen) atoms. The minimum absolute atomic E-state index is 0.457. The van der Waals surface area contributed by atoms with E-state index in [1.807, 2.05) is 43.3 Å². The second-order valence-electron chi connectivity index (χ2n) is 5.26. The number of hydrogen-bond acceptors (Lipinski definition) is 5. The maximum atomic E-state index is 9.48. The van der Waals surface area contributed by atoms with Gasteiger partial charge in [-0.3, -0.25) is 0 Å². The number of benzene rings is 2. The molecule has 0 aliphatic carbocycles. The van der Waals surface area contributed by atoms with Crippen LogP contribution < -0.4 is 14.8 Å². The Morgan fingerprint density at radius 3 is 2.72 bits per heavy atom. The van der Waals surface area contributed by atoms with Gasteiger partial charge >= 0.3 is 0 Å². The van der Waals surface area contributed by atoms with Crippen LogP contribution in [0.5, 0.6) is 11.5 Å². The fourth-order valence-electron chi connectivity index (χ4n) is 2.49. The van der Waals surface area contributed by atoms with Crippen LogP contribution in [0.4, 0.5) is 11.5 Å². The first-order valence-corrected chi connectivity index (χ1v) is 8.52. The lowest BCUT2D eigenvalue weighted by atomic mass is 10.1. The fraction of sp³-hybridized carbons (Fsp3) is 0.158. The number of nitrogens with zero attached hydrogens (tertiary/aromatic N) is 2. The Morgan fingerprint density at radius 2 is 2.04 bits per heavy atom. The van der Waals surface area contributed by atoms with E-state index in [0.29, 0.717) is 29.5 Å². The molecule has 0 bridgehead atoms. The average Bonchev–Trinajstić information content (AvgIpc) is 2.61. The summed E-state index contributed by atoms with van der Waals surface area (Å²) in [7, 11) is 1.59. The van der Waals surface area contributed by atoms with Gasteiger partial charge in [0.1, 0.15) is 11.9 Å². The van der Waals surface area contributed by atoms with Crippen LogP contribution in [-0.4, -0.2) is 18.7 Å². The monoisotopic (exact) mass is 397 g/mol. The van der Waals surface area contributed by atoms with Gasteiger partial charge in [0.15, 0.2) is 11.5 Å². The third-order valence-electron chi connectivity index (χ3n) is 3.61. The number of nitrogens with one attached hydrogen (secondary N) is 1. The predicted molar refractivity (Wildman–Crippen MR) is 102 cm³/mol. The normalized spacial score (nSPS) is 10.3. The van der Waals surface area contributed by atoms with Gasteiger partial charge in [-0.15, -0.1) is 0 Å². The summed E-state index contributed by atoms with van der Waals surface area (Å²) in [5.74, 6) is 1.75. The second kappa shape index (κ2) is 7.41. The number of halogens is 1. The van der Waals surface area contributed by atoms with Crippen molar-refractivity contribution in [3.8, 4) is 17.6 Å². The summed E-state index contributed by atoms with van der Waals surface area (Å²) in [6, 6.07) is 15.3. The summed E-state index contributed by atoms with van der Waals surface area (Å²) < 4.78 is 11.9. The average molecular weight is 398 g/mol. The van der Waals surface area contributed by atoms with E-state index in [1.54, 1.807) is 13.2 Å². The topological polar surface area (TPSA) is 67.2 Å². The van der Waals surface area contributed by atoms with Crippen LogP contribution in [0.1, 0.15) is 12.5 Å². The molecule has 2 aromatic carbocycles. The molecule has 5 nitrogen and oxygen atoms in total. The van der Waals surface area contributed by atoms with Gasteiger partial charge in [-0.25, -0.2) is 4.98 Å². The van der Waals surface area contributed by atoms with Gasteiger partial charge in [-0.1, -0.05) is 22.0 Å². The van der Waals surface area contributed by atoms with Crippen molar-refractivity contribution < 1.29 is 9.47 Å². The molecule has 0 saturated heterocycles. The first-order valence-electron chi connectivity index (χ1n) is 7.73. The van der Waals surface area contributed by atoms with Gasteiger partial charge in [-0.2, -0.15) is 5.26 Å². The zero-order chi connectivity index (χ0) is 17.8. The smallest absolute Gasteiger partial charge is 0.163 e. The lowest BCUT2D eigenvalue weighted by Gasteiger charge is -2.13. The van der Waals surface area contributed by atoms with Gasteiger partial charge in [0, 0.05) is 21.6 Å². The highest BCUT2D eigenvalue weighted by Gasteiger charge is 2.12. The van der Waals surface area contributed by atoms with Crippen molar-refractivity contribution in [2.45, 2.75) is 6.92 Å². The molecule has 1 aromatic heterocycles. The lowest BCUT2D eigenvalue weighted by Crippen LogP contribution is -2.00. The predicted octanol–water partition coefficient (Wildman–Crippen LogP) is 5.02. The van der Waals surface area contributed by atoms with Gasteiger partial charge < -0.3 is 14.8 Å². The molecule has 0 spiro atoms. The minimum atomic E-state index is 0.457. The van der Waals surface area contributed by atoms with Gasteiger partial charge in [0.2, 0.25) is 0 Å². The van der Waals surface area contributed by atoms with Crippen LogP contribution in [0.25, 0.3) is 10.9 Å². The van der Waals surface area contributed by atoms with Crippen LogP contribution in [0.2, 0.25) is 0 Å². The molecule has 0 radical (unpaired) electrons. The fourth-order valence-corrected chi connectivity index (χ4v) is 2.89. The van der Waals surface area contributed by atoms with Crippen LogP contribution in [-0.2, 0) is 0 Å². The molecular weight excluding hydrogens is 382 g/mol. The molecule has 126 valence electrons. The number of aromatic nitrogens is 1. The maximum Gasteiger partial charge on any atom is 0.163 e. The standard InChI is InChI=1S/C19H16BrN3O2/c1-3-25-18-10-16-12(8-17(18)24-2)7-13(11-21)19(23-16)22-15-6-4-5-14(20)9-15/h4-10H,3H2,1-2H3,(H,22,23). The molecule has 0 amide bonds. The zero-order valence-electron chi connectivity index (χ0n) is 13.8. The number of nitriles is 1. The number of pyridine rings is 1. The largest absolute Gasteiger partial charge is 0.493 e. The molecule has 3 rings (SSSR count). The number of anilines is 2. The first-order chi connectivity index (χ1) is 12.1. The van der Waals surface area contributed by atoms with Crippen LogP contribution in [0, 0.1) is 11.3 Å². The number of ether oxygens (including phenoxy) is 2. The maximum absolute atomic E-state index is 9.48. The van der Waals surface area contributed by atoms with Gasteiger partial charge in [0.05, 0.1) is 24.8 Å². The van der Waals surface area contributed by atoms with Crippen LogP contribution in [0.15, 0.2) is 46.9 Å². The first kappa shape index (κ1) is 17.1. The Bertz CT molecular complexity index is 967. The lowest BCUT2D eigenvalue weighted by molar-refractivity contribution is 0.311. The molecule has 1 N–H and O–H groups in total. The van der Waals surface area contributed by atoms with Crippen molar-refractivity contribution in [3.63, 3.8) is 0 Å². The van der Waals surface area contributed by atoms with E-state index in [9.17, 15) is 5.26 Å². The third-order valence-corrected chi connectivity index (χ3v) is 4.10. The number of rotatable bonds is 5. The molecule has 0 fully saturated rings. The Labute approximate surface area is 154 Å². The minimum Gasteiger partial charge on any atom is -0.493 e. The summed E-state index contributed by atoms with van der Waals surface area (Å²) in [4.78, 5) is 4.60. The molecule has 0 saturated carbocycles. The number of hydrogen-bond donors (Lipinski definition) is 1. The molecular formula is C19H16BrN3O2. The molecule has 0 aliphatic heterocycles. The number of fused-ring (bicyclic) bond motifs is 1. The third kappa shape index (κ3) is 3.67. The quantitative estimate of drug-likeness (QED) is 0.654. The Balaban J connectivity index is 2.10. The van der Waals surface area contributed by atoms with E-state index in [0.717, 1.165) is 21.1 Å². The summed E-state index contributed by atoms with van der Waals surface area (Å²) in [5.41, 5.74) is 2.02. The molecule has 0 unspecified atom stereocenters. The second-order valence-corrected chi connectivity index (χ2v) is 6.18. The van der Waals surface area contributed by atoms with Crippen LogP contribution in [0.3, 0.4) is 0 Å². The van der Waals surface area contributed by atoms with E-state index >= 15 is 0 Å². The molecule has 0 atom stereocenters. The van der Waals surface area contributed by atoms with Gasteiger partial charge in [0.25, 0.3) is 0 Å². The zero-order valence-corrected chi connectivity index (χ0v) is 15.4. The highest BCUT2D eigenvalue weighted by Crippen LogP contribution is 2.34. The van der Waals surface area contributed by atoms with Crippen molar-refractivity contribution in [3.05, 3.63) is 52.5 Å². The van der Waals surface area contributed by atoms with E-state index in [-0.39, 0.29) is 0 Å². The Hall–Kier alpha value is -2.78. The van der Waals surface area contributed by atoms with Crippen molar-refractivity contribution in [2.24, 2.45) is 0 Å². The van der Waals surface area contributed by atoms with E-state index < -0.39 is 0 Å². The van der Waals surface area contributed by atoms with Crippen LogP contribution >= 0.6 is 15.9 Å². The van der Waals surface area contributed by atoms with Gasteiger partial charge in [-0.05, 0) is 37.3 Å². The SMILES string of the molecule is CCOc1cc2nc(Nc3cccc(Br)c3)c(C#N)cc2cc1OC. The molecule has 3 aromatic rings. The summed E-state index contributed by atoms with van der Waals surface area (Å²) >= 11 is 3.44. The van der Waals surface area contributed by atoms with E-state index in [2.05, 4.69) is 32.3 Å². The molecule has 6 heteroatoms. The number of methoxy groups -OCH3 is 1. The summed E-state index contributed by atoms with van der Waals surface area (Å²) in [5, 5.41) is 13.5. The van der Waals surface area contributed by atoms with Crippen molar-refractivity contribution in [1.29, 1.82) is 5.26 Å². The highest BCUT2D eigenvalue weighted by molar-refractivity contribution is 9.10. The summed E-state index contributed by atoms with van der Waals surface area (Å²) in [6.45, 7) is 2.44. The van der Waals surface area contributed by atoms with Crippen molar-refractivity contribution >= 4 is 38.3 Å². The van der Waals surface area contributed by atoms with Crippen molar-refractivity contribution in [2.75, 3.05) is 19.0 Å². The Morgan fingerprint density at radius 1 is 1.20 bits per heavy atom.